The van der Waals surface area contributed by atoms with Crippen molar-refractivity contribution >= 4 is 19.3 Å². The third kappa shape index (κ3) is 4.82. The molecule has 0 spiro atoms. The summed E-state index contributed by atoms with van der Waals surface area (Å²) < 4.78 is 24.3. The van der Waals surface area contributed by atoms with Gasteiger partial charge in [0.2, 0.25) is 0 Å². The maximum Gasteiger partial charge on any atom is 0.310 e. The molecule has 0 bridgehead atoms. The molecule has 0 aliphatic rings. The Labute approximate surface area is 135 Å². The van der Waals surface area contributed by atoms with E-state index in [-0.39, 0.29) is 25.4 Å². The van der Waals surface area contributed by atoms with Gasteiger partial charge in [-0.25, -0.2) is 4.39 Å². The largest absolute Gasteiger partial charge is 0.466 e. The van der Waals surface area contributed by atoms with Crippen LogP contribution < -0.4 is 10.2 Å². The minimum Gasteiger partial charge on any atom is -0.466 e. The fourth-order valence-corrected chi connectivity index (χ4v) is 2.22. The summed E-state index contributed by atoms with van der Waals surface area (Å²) in [4.78, 5) is 11.5. The highest BCUT2D eigenvalue weighted by molar-refractivity contribution is 6.32. The molecule has 4 nitrogen and oxygen atoms in total. The van der Waals surface area contributed by atoms with Crippen LogP contribution in [0.4, 0.5) is 4.39 Å². The molecule has 0 unspecified atom stereocenters. The van der Waals surface area contributed by atoms with Crippen LogP contribution in [0.1, 0.15) is 18.1 Å². The molecule has 0 amide bonds. The lowest BCUT2D eigenvalue weighted by Crippen LogP contribution is -2.08. The van der Waals surface area contributed by atoms with Crippen LogP contribution in [-0.2, 0) is 22.6 Å². The molecule has 0 atom stereocenters. The maximum absolute atomic E-state index is 13.7. The molecule has 0 aromatic heterocycles. The first-order chi connectivity index (χ1) is 11.0. The second-order valence-corrected chi connectivity index (χ2v) is 5.15. The summed E-state index contributed by atoms with van der Waals surface area (Å²) >= 11 is 0. The number of benzene rings is 2. The van der Waals surface area contributed by atoms with E-state index in [0.717, 1.165) is 5.46 Å². The van der Waals surface area contributed by atoms with Crippen LogP contribution >= 0.6 is 0 Å². The van der Waals surface area contributed by atoms with E-state index in [1.807, 2.05) is 13.9 Å². The van der Waals surface area contributed by atoms with E-state index < -0.39 is 11.8 Å². The van der Waals surface area contributed by atoms with E-state index in [4.69, 9.17) is 9.47 Å². The van der Waals surface area contributed by atoms with Crippen molar-refractivity contribution in [1.82, 2.24) is 0 Å². The van der Waals surface area contributed by atoms with Gasteiger partial charge in [0.15, 0.2) is 0 Å². The third-order valence-corrected chi connectivity index (χ3v) is 3.20. The van der Waals surface area contributed by atoms with Gasteiger partial charge >= 0.3 is 5.97 Å². The molecule has 2 aromatic rings. The summed E-state index contributed by atoms with van der Waals surface area (Å²) in [6, 6.07) is 9.45. The monoisotopic (exact) mass is 316 g/mol. The lowest BCUT2D eigenvalue weighted by Gasteiger charge is -2.12. The molecule has 0 saturated carbocycles. The lowest BCUT2D eigenvalue weighted by molar-refractivity contribution is -0.142. The molecule has 0 saturated heterocycles. The zero-order valence-electron chi connectivity index (χ0n) is 13.1. The normalized spacial score (nSPS) is 10.4. The minimum absolute atomic E-state index is 0.0251. The number of ether oxygens (including phenoxy) is 2. The predicted octanol–water partition coefficient (Wildman–Crippen LogP) is 1.47. The summed E-state index contributed by atoms with van der Waals surface area (Å²) in [7, 11) is 1.91. The van der Waals surface area contributed by atoms with Gasteiger partial charge in [-0.3, -0.25) is 4.79 Å². The van der Waals surface area contributed by atoms with E-state index in [0.29, 0.717) is 16.9 Å². The van der Waals surface area contributed by atoms with Crippen LogP contribution in [0.5, 0.6) is 11.5 Å². The summed E-state index contributed by atoms with van der Waals surface area (Å²) in [6.45, 7) is 1.81. The van der Waals surface area contributed by atoms with Crippen molar-refractivity contribution in [3.05, 3.63) is 53.3 Å². The molecule has 0 fully saturated rings. The molecule has 2 aromatic carbocycles. The van der Waals surface area contributed by atoms with Gasteiger partial charge in [-0.05, 0) is 30.7 Å². The Morgan fingerprint density at radius 1 is 1.26 bits per heavy atom. The Balaban J connectivity index is 2.23. The van der Waals surface area contributed by atoms with Crippen LogP contribution in [0.15, 0.2) is 36.4 Å². The number of carbonyl (C=O) groups is 1. The zero-order chi connectivity index (χ0) is 16.8. The van der Waals surface area contributed by atoms with E-state index in [9.17, 15) is 14.3 Å². The Morgan fingerprint density at radius 2 is 2.04 bits per heavy atom. The SMILES string of the molecule is Bc1ccc(Oc2cc(F)cc(CC(=O)OCC)c2)c(CO)c1. The third-order valence-electron chi connectivity index (χ3n) is 3.20. The Kier molecular flexibility index (Phi) is 5.76. The molecule has 2 rings (SSSR count). The van der Waals surface area contributed by atoms with Crippen molar-refractivity contribution in [2.45, 2.75) is 20.0 Å². The molecule has 0 aliphatic heterocycles. The highest BCUT2D eigenvalue weighted by Gasteiger charge is 2.10. The molecule has 0 aliphatic carbocycles. The van der Waals surface area contributed by atoms with Crippen LogP contribution in [0.25, 0.3) is 0 Å². The molecule has 23 heavy (non-hydrogen) atoms. The van der Waals surface area contributed by atoms with Crippen molar-refractivity contribution in [2.75, 3.05) is 6.61 Å². The summed E-state index contributed by atoms with van der Waals surface area (Å²) in [5.74, 6) is -0.205. The molecule has 0 radical (unpaired) electrons. The Bertz CT molecular complexity index is 703. The number of hydrogen-bond donors (Lipinski definition) is 1. The molecule has 120 valence electrons. The smallest absolute Gasteiger partial charge is 0.310 e. The van der Waals surface area contributed by atoms with E-state index in [1.54, 1.807) is 25.1 Å². The molecule has 1 N–H and O–H groups in total. The quantitative estimate of drug-likeness (QED) is 0.648. The predicted molar refractivity (Wildman–Crippen MR) is 87.4 cm³/mol. The number of esters is 1. The van der Waals surface area contributed by atoms with Gasteiger partial charge < -0.3 is 14.6 Å². The van der Waals surface area contributed by atoms with Crippen LogP contribution in [0.2, 0.25) is 0 Å². The van der Waals surface area contributed by atoms with Crippen molar-refractivity contribution in [1.29, 1.82) is 0 Å². The van der Waals surface area contributed by atoms with Crippen LogP contribution in [0, 0.1) is 5.82 Å². The number of hydrogen-bond acceptors (Lipinski definition) is 4. The minimum atomic E-state index is -0.501. The summed E-state index contributed by atoms with van der Waals surface area (Å²) in [5, 5.41) is 9.39. The highest BCUT2D eigenvalue weighted by Crippen LogP contribution is 2.26. The van der Waals surface area contributed by atoms with Crippen molar-refractivity contribution in [3.63, 3.8) is 0 Å². The number of carbonyl (C=O) groups excluding carboxylic acids is 1. The van der Waals surface area contributed by atoms with Gasteiger partial charge in [0, 0.05) is 11.6 Å². The van der Waals surface area contributed by atoms with Crippen molar-refractivity contribution in [2.24, 2.45) is 0 Å². The maximum atomic E-state index is 13.7. The molecule has 6 heteroatoms. The van der Waals surface area contributed by atoms with Crippen LogP contribution in [0.3, 0.4) is 0 Å². The highest BCUT2D eigenvalue weighted by atomic mass is 19.1. The summed E-state index contributed by atoms with van der Waals surface area (Å²) in [5.41, 5.74) is 2.07. The molecule has 0 heterocycles. The lowest BCUT2D eigenvalue weighted by atomic mass is 9.94. The second kappa shape index (κ2) is 7.79. The van der Waals surface area contributed by atoms with E-state index in [2.05, 4.69) is 0 Å². The number of rotatable bonds is 6. The Hall–Kier alpha value is -2.34. The fourth-order valence-electron chi connectivity index (χ4n) is 2.22. The standard InChI is InChI=1S/C17H18BFO4/c1-2-22-17(21)7-11-5-14(19)9-15(6-11)23-16-4-3-13(18)8-12(16)10-20/h3-6,8-9,20H,2,7,10,18H2,1H3. The first kappa shape index (κ1) is 17.0. The fraction of sp³-hybridized carbons (Fsp3) is 0.235. The van der Waals surface area contributed by atoms with Gasteiger partial charge in [0.25, 0.3) is 0 Å². The van der Waals surface area contributed by atoms with Crippen molar-refractivity contribution in [3.8, 4) is 11.5 Å². The number of halogens is 1. The average Bonchev–Trinajstić information content (AvgIpc) is 2.48. The Morgan fingerprint density at radius 3 is 2.74 bits per heavy atom. The first-order valence-corrected chi connectivity index (χ1v) is 7.35. The van der Waals surface area contributed by atoms with Crippen molar-refractivity contribution < 1.29 is 23.8 Å². The van der Waals surface area contributed by atoms with Gasteiger partial charge in [-0.1, -0.05) is 17.6 Å². The van der Waals surface area contributed by atoms with Gasteiger partial charge in [0.05, 0.1) is 19.6 Å². The van der Waals surface area contributed by atoms with E-state index in [1.165, 1.54) is 12.1 Å². The van der Waals surface area contributed by atoms with Gasteiger partial charge in [-0.2, -0.15) is 0 Å². The number of aliphatic hydroxyl groups excluding tert-OH is 1. The van der Waals surface area contributed by atoms with Crippen LogP contribution in [-0.4, -0.2) is 25.5 Å². The van der Waals surface area contributed by atoms with E-state index >= 15 is 0 Å². The van der Waals surface area contributed by atoms with Gasteiger partial charge in [-0.15, -0.1) is 0 Å². The topological polar surface area (TPSA) is 55.8 Å². The molecular weight excluding hydrogens is 298 g/mol. The molecular formula is C17H18BFO4. The summed E-state index contributed by atoms with van der Waals surface area (Å²) in [6.07, 6.45) is -0.0251. The second-order valence-electron chi connectivity index (χ2n) is 5.15. The zero-order valence-corrected chi connectivity index (χ0v) is 13.1. The first-order valence-electron chi connectivity index (χ1n) is 7.35. The van der Waals surface area contributed by atoms with Gasteiger partial charge in [0.1, 0.15) is 25.2 Å². The number of aliphatic hydroxyl groups is 1. The average molecular weight is 316 g/mol.